The largest absolute Gasteiger partial charge is 0.416 e. The van der Waals surface area contributed by atoms with Gasteiger partial charge in [-0.05, 0) is 72.2 Å². The van der Waals surface area contributed by atoms with Crippen LogP contribution in [0, 0.1) is 5.92 Å². The van der Waals surface area contributed by atoms with Gasteiger partial charge in [0.1, 0.15) is 6.04 Å². The molecule has 1 fully saturated rings. The summed E-state index contributed by atoms with van der Waals surface area (Å²) in [4.78, 5) is 36.0. The van der Waals surface area contributed by atoms with E-state index in [-0.39, 0.29) is 12.5 Å². The van der Waals surface area contributed by atoms with Crippen LogP contribution in [0.15, 0.2) is 115 Å². The van der Waals surface area contributed by atoms with Gasteiger partial charge in [0.15, 0.2) is 0 Å². The summed E-state index contributed by atoms with van der Waals surface area (Å²) in [5.74, 6) is -0.0695. The number of rotatable bonds is 10. The predicted octanol–water partition coefficient (Wildman–Crippen LogP) is 7.24. The van der Waals surface area contributed by atoms with Crippen molar-refractivity contribution in [1.82, 2.24) is 14.8 Å². The highest BCUT2D eigenvalue weighted by Gasteiger charge is 2.35. The normalized spacial score (nSPS) is 14.8. The topological polar surface area (TPSA) is 53.5 Å². The minimum Gasteiger partial charge on any atom is -0.341 e. The van der Waals surface area contributed by atoms with Crippen LogP contribution in [0.5, 0.6) is 0 Å². The Hall–Kier alpha value is -4.72. The van der Waals surface area contributed by atoms with E-state index in [0.29, 0.717) is 36.7 Å². The third-order valence-electron chi connectivity index (χ3n) is 8.22. The Balaban J connectivity index is 1.39. The van der Waals surface area contributed by atoms with Gasteiger partial charge in [-0.3, -0.25) is 14.6 Å². The van der Waals surface area contributed by atoms with Crippen molar-refractivity contribution in [2.45, 2.75) is 44.4 Å². The molecule has 1 aromatic heterocycles. The van der Waals surface area contributed by atoms with E-state index in [9.17, 15) is 22.8 Å². The third kappa shape index (κ3) is 8.91. The van der Waals surface area contributed by atoms with E-state index in [1.807, 2.05) is 59.5 Å². The van der Waals surface area contributed by atoms with Gasteiger partial charge in [0.2, 0.25) is 11.8 Å². The molecule has 1 unspecified atom stereocenters. The highest BCUT2D eigenvalue weighted by atomic mass is 19.4. The summed E-state index contributed by atoms with van der Waals surface area (Å²) in [6.45, 7) is 1.31. The van der Waals surface area contributed by atoms with E-state index >= 15 is 0 Å². The van der Waals surface area contributed by atoms with Gasteiger partial charge >= 0.3 is 6.18 Å². The van der Waals surface area contributed by atoms with Gasteiger partial charge < -0.3 is 9.80 Å². The molecule has 1 saturated heterocycles. The zero-order valence-corrected chi connectivity index (χ0v) is 24.9. The molecule has 1 aliphatic heterocycles. The van der Waals surface area contributed by atoms with E-state index < -0.39 is 23.7 Å². The van der Waals surface area contributed by atoms with Crippen molar-refractivity contribution < 1.29 is 22.8 Å². The number of halogens is 3. The molecule has 0 spiro atoms. The summed E-state index contributed by atoms with van der Waals surface area (Å²) in [5, 5.41) is 0. The molecular weight excluding hydrogens is 575 g/mol. The molecule has 3 aromatic carbocycles. The number of hydrogen-bond donors (Lipinski definition) is 0. The second kappa shape index (κ2) is 14.8. The van der Waals surface area contributed by atoms with Gasteiger partial charge in [0.05, 0.1) is 17.8 Å². The number of aromatic nitrogens is 1. The number of carbonyl (C=O) groups is 2. The maximum atomic E-state index is 14.3. The number of nitrogens with zero attached hydrogens (tertiary/aromatic N) is 3. The van der Waals surface area contributed by atoms with Crippen molar-refractivity contribution in [3.05, 3.63) is 143 Å². The molecule has 0 N–H and O–H groups in total. The monoisotopic (exact) mass is 611 g/mol. The Morgan fingerprint density at radius 1 is 0.844 bits per heavy atom. The second-order valence-electron chi connectivity index (χ2n) is 11.4. The fraction of sp³-hybridized carbons (Fsp3) is 0.270. The number of pyridine rings is 1. The lowest BCUT2D eigenvalue weighted by Crippen LogP contribution is -2.53. The second-order valence-corrected chi connectivity index (χ2v) is 11.4. The molecule has 0 aliphatic carbocycles. The molecule has 8 heteroatoms. The number of benzene rings is 3. The Morgan fingerprint density at radius 3 is 2.07 bits per heavy atom. The molecule has 0 bridgehead atoms. The van der Waals surface area contributed by atoms with E-state index in [2.05, 4.69) is 17.1 Å². The summed E-state index contributed by atoms with van der Waals surface area (Å²) in [5.41, 5.74) is 2.52. The highest BCUT2D eigenvalue weighted by Crippen LogP contribution is 2.29. The molecule has 1 atom stereocenters. The van der Waals surface area contributed by atoms with Crippen LogP contribution in [0.1, 0.15) is 40.8 Å². The van der Waals surface area contributed by atoms with Gasteiger partial charge in [0, 0.05) is 31.8 Å². The molecular formula is C37H36F3N3O2. The van der Waals surface area contributed by atoms with Crippen molar-refractivity contribution in [2.75, 3.05) is 13.1 Å². The molecule has 232 valence electrons. The molecule has 2 amide bonds. The van der Waals surface area contributed by atoms with Gasteiger partial charge in [-0.2, -0.15) is 13.2 Å². The summed E-state index contributed by atoms with van der Waals surface area (Å²) in [6.07, 6.45) is 3.03. The maximum Gasteiger partial charge on any atom is 0.416 e. The minimum absolute atomic E-state index is 0.102. The quantitative estimate of drug-likeness (QED) is 0.178. The molecule has 0 saturated carbocycles. The van der Waals surface area contributed by atoms with Crippen molar-refractivity contribution in [1.29, 1.82) is 0 Å². The number of carbonyl (C=O) groups excluding carboxylic acids is 2. The van der Waals surface area contributed by atoms with Crippen LogP contribution >= 0.6 is 0 Å². The highest BCUT2D eigenvalue weighted by molar-refractivity contribution is 5.95. The van der Waals surface area contributed by atoms with Crippen LogP contribution in [-0.2, 0) is 35.2 Å². The van der Waals surface area contributed by atoms with Crippen LogP contribution in [0.3, 0.4) is 0 Å². The Labute approximate surface area is 262 Å². The van der Waals surface area contributed by atoms with Crippen molar-refractivity contribution >= 4 is 17.9 Å². The van der Waals surface area contributed by atoms with Gasteiger partial charge in [-0.25, -0.2) is 0 Å². The first kappa shape index (κ1) is 31.7. The van der Waals surface area contributed by atoms with Crippen molar-refractivity contribution in [2.24, 2.45) is 5.92 Å². The third-order valence-corrected chi connectivity index (χ3v) is 8.22. The first-order chi connectivity index (χ1) is 21.8. The lowest BCUT2D eigenvalue weighted by molar-refractivity contribution is -0.145. The van der Waals surface area contributed by atoms with E-state index in [0.717, 1.165) is 37.0 Å². The summed E-state index contributed by atoms with van der Waals surface area (Å²) >= 11 is 0. The average molecular weight is 612 g/mol. The molecule has 5 nitrogen and oxygen atoms in total. The summed E-state index contributed by atoms with van der Waals surface area (Å²) < 4.78 is 39.1. The summed E-state index contributed by atoms with van der Waals surface area (Å²) in [7, 11) is 0. The van der Waals surface area contributed by atoms with Crippen molar-refractivity contribution in [3.8, 4) is 0 Å². The van der Waals surface area contributed by atoms with Crippen molar-refractivity contribution in [3.63, 3.8) is 0 Å². The summed E-state index contributed by atoms with van der Waals surface area (Å²) in [6, 6.07) is 29.2. The van der Waals surface area contributed by atoms with E-state index in [1.165, 1.54) is 34.7 Å². The first-order valence-corrected chi connectivity index (χ1v) is 15.2. The van der Waals surface area contributed by atoms with Gasteiger partial charge in [-0.1, -0.05) is 78.9 Å². The fourth-order valence-corrected chi connectivity index (χ4v) is 5.74. The smallest absolute Gasteiger partial charge is 0.341 e. The zero-order valence-electron chi connectivity index (χ0n) is 24.9. The van der Waals surface area contributed by atoms with Gasteiger partial charge in [0.25, 0.3) is 0 Å². The lowest BCUT2D eigenvalue weighted by atomic mass is 9.89. The number of piperidine rings is 1. The number of likely N-dealkylation sites (tertiary alicyclic amines) is 1. The van der Waals surface area contributed by atoms with Crippen LogP contribution in [0.4, 0.5) is 13.2 Å². The molecule has 4 aromatic rings. The maximum absolute atomic E-state index is 14.3. The number of hydrogen-bond acceptors (Lipinski definition) is 3. The van der Waals surface area contributed by atoms with Crippen LogP contribution in [-0.4, -0.2) is 45.7 Å². The lowest BCUT2D eigenvalue weighted by Gasteiger charge is -2.38. The van der Waals surface area contributed by atoms with Crippen LogP contribution in [0.25, 0.3) is 6.08 Å². The molecule has 0 radical (unpaired) electrons. The molecule has 45 heavy (non-hydrogen) atoms. The fourth-order valence-electron chi connectivity index (χ4n) is 5.74. The number of amides is 2. The number of alkyl halides is 3. The standard InChI is InChI=1S/C37H36F3N3O2/c38-37(39,40)32-17-14-28(15-18-32)16-19-35(44)43(27-33-13-7-8-22-41-33)34(26-30-11-5-2-6-12-30)36(45)42-23-20-31(21-24-42)25-29-9-3-1-4-10-29/h1-19,22,31,34H,20-21,23-27H2. The average Bonchev–Trinajstić information content (AvgIpc) is 3.06. The minimum atomic E-state index is -4.45. The molecule has 1 aliphatic rings. The SMILES string of the molecule is O=C(C(Cc1ccccc1)N(Cc1ccccn1)C(=O)C=Cc1ccc(C(F)(F)F)cc1)N1CCC(Cc2ccccc2)CC1. The van der Waals surface area contributed by atoms with Gasteiger partial charge in [-0.15, -0.1) is 0 Å². The van der Waals surface area contributed by atoms with E-state index in [1.54, 1.807) is 18.3 Å². The first-order valence-electron chi connectivity index (χ1n) is 15.2. The van der Waals surface area contributed by atoms with Crippen LogP contribution in [0.2, 0.25) is 0 Å². The predicted molar refractivity (Wildman–Crippen MR) is 169 cm³/mol. The zero-order chi connectivity index (χ0) is 31.6. The Kier molecular flexibility index (Phi) is 10.5. The molecule has 2 heterocycles. The van der Waals surface area contributed by atoms with E-state index in [4.69, 9.17) is 0 Å². The molecule has 5 rings (SSSR count). The Bertz CT molecular complexity index is 1550. The Morgan fingerprint density at radius 2 is 1.47 bits per heavy atom. The van der Waals surface area contributed by atoms with Crippen LogP contribution < -0.4 is 0 Å².